The molecule has 2 N–H and O–H groups in total. The summed E-state index contributed by atoms with van der Waals surface area (Å²) >= 11 is 0. The maximum Gasteiger partial charge on any atom is 0.259 e. The van der Waals surface area contributed by atoms with Gasteiger partial charge in [-0.1, -0.05) is 62.4 Å². The minimum absolute atomic E-state index is 0.0134. The van der Waals surface area contributed by atoms with Crippen LogP contribution in [0.1, 0.15) is 35.7 Å². The summed E-state index contributed by atoms with van der Waals surface area (Å²) < 4.78 is 11.5. The summed E-state index contributed by atoms with van der Waals surface area (Å²) in [5.41, 5.74) is 2.20. The molecule has 0 radical (unpaired) electrons. The Morgan fingerprint density at radius 1 is 0.833 bits per heavy atom. The maximum absolute atomic E-state index is 12.6. The van der Waals surface area contributed by atoms with Crippen LogP contribution in [-0.4, -0.2) is 30.3 Å². The zero-order valence-corrected chi connectivity index (χ0v) is 17.2. The summed E-state index contributed by atoms with van der Waals surface area (Å²) in [5.74, 6) is 1.22. The predicted molar refractivity (Wildman–Crippen MR) is 118 cm³/mol. The number of aliphatic hydroxyl groups excluding tert-OH is 1. The Labute approximate surface area is 177 Å². The van der Waals surface area contributed by atoms with Crippen molar-refractivity contribution in [3.05, 3.63) is 90.0 Å². The van der Waals surface area contributed by atoms with Crippen molar-refractivity contribution in [2.45, 2.75) is 25.9 Å². The fourth-order valence-corrected chi connectivity index (χ4v) is 3.01. The van der Waals surface area contributed by atoms with Crippen molar-refractivity contribution in [1.29, 1.82) is 0 Å². The molecule has 0 saturated heterocycles. The highest BCUT2D eigenvalue weighted by atomic mass is 16.5. The average Bonchev–Trinajstić information content (AvgIpc) is 2.77. The highest BCUT2D eigenvalue weighted by Crippen LogP contribution is 2.26. The van der Waals surface area contributed by atoms with Gasteiger partial charge in [0.1, 0.15) is 30.8 Å². The summed E-state index contributed by atoms with van der Waals surface area (Å²) in [7, 11) is 0. The van der Waals surface area contributed by atoms with Crippen LogP contribution in [0, 0.1) is 0 Å². The van der Waals surface area contributed by atoms with E-state index in [2.05, 4.69) is 19.2 Å². The number of hydrogen-bond acceptors (Lipinski definition) is 4. The monoisotopic (exact) mass is 405 g/mol. The van der Waals surface area contributed by atoms with E-state index in [1.807, 2.05) is 54.6 Å². The Hall–Kier alpha value is -3.31. The number of ether oxygens (including phenoxy) is 2. The Bertz CT molecular complexity index is 956. The molecular weight excluding hydrogens is 378 g/mol. The van der Waals surface area contributed by atoms with Crippen molar-refractivity contribution < 1.29 is 19.4 Å². The molecule has 0 aliphatic rings. The highest BCUT2D eigenvalue weighted by Gasteiger charge is 2.15. The molecule has 5 nitrogen and oxygen atoms in total. The third-order valence-corrected chi connectivity index (χ3v) is 4.57. The molecule has 1 unspecified atom stereocenters. The number of rotatable bonds is 9. The molecule has 0 saturated carbocycles. The van der Waals surface area contributed by atoms with Crippen molar-refractivity contribution in [3.8, 4) is 11.5 Å². The van der Waals surface area contributed by atoms with Gasteiger partial charge in [-0.2, -0.15) is 0 Å². The molecule has 156 valence electrons. The highest BCUT2D eigenvalue weighted by molar-refractivity contribution is 6.06. The van der Waals surface area contributed by atoms with E-state index in [0.29, 0.717) is 22.9 Å². The van der Waals surface area contributed by atoms with Crippen LogP contribution in [0.15, 0.2) is 78.9 Å². The number of carbonyl (C=O) groups is 1. The number of para-hydroxylation sites is 3. The standard InChI is InChI=1S/C25H27NO4/c1-18(2)21-12-6-8-14-23(21)29-16-20(27)17-30-24-15-9-7-13-22(24)25(28)26-19-10-4-3-5-11-19/h3-15,18,20,27H,16-17H2,1-2H3,(H,26,28). The Morgan fingerprint density at radius 2 is 1.40 bits per heavy atom. The van der Waals surface area contributed by atoms with Gasteiger partial charge in [-0.25, -0.2) is 0 Å². The van der Waals surface area contributed by atoms with E-state index in [1.165, 1.54) is 0 Å². The number of nitrogens with one attached hydrogen (secondary N) is 1. The SMILES string of the molecule is CC(C)c1ccccc1OCC(O)COc1ccccc1C(=O)Nc1ccccc1. The molecule has 0 bridgehead atoms. The Kier molecular flexibility index (Phi) is 7.46. The number of carbonyl (C=O) groups excluding carboxylic acids is 1. The molecule has 0 aliphatic carbocycles. The van der Waals surface area contributed by atoms with Crippen molar-refractivity contribution >= 4 is 11.6 Å². The van der Waals surface area contributed by atoms with Gasteiger partial charge in [0.05, 0.1) is 5.56 Å². The lowest BCUT2D eigenvalue weighted by Crippen LogP contribution is -2.26. The molecule has 3 aromatic carbocycles. The first-order valence-electron chi connectivity index (χ1n) is 10.0. The molecule has 0 aromatic heterocycles. The van der Waals surface area contributed by atoms with Crippen LogP contribution in [0.4, 0.5) is 5.69 Å². The van der Waals surface area contributed by atoms with Gasteiger partial charge in [0.2, 0.25) is 0 Å². The summed E-state index contributed by atoms with van der Waals surface area (Å²) in [4.78, 5) is 12.6. The molecule has 30 heavy (non-hydrogen) atoms. The van der Waals surface area contributed by atoms with Gasteiger partial charge in [-0.05, 0) is 41.8 Å². The Balaban J connectivity index is 1.58. The second-order valence-corrected chi connectivity index (χ2v) is 7.28. The quantitative estimate of drug-likeness (QED) is 0.532. The van der Waals surface area contributed by atoms with Gasteiger partial charge >= 0.3 is 0 Å². The van der Waals surface area contributed by atoms with Gasteiger partial charge in [0.15, 0.2) is 0 Å². The van der Waals surface area contributed by atoms with E-state index in [-0.39, 0.29) is 19.1 Å². The maximum atomic E-state index is 12.6. The van der Waals surface area contributed by atoms with Gasteiger partial charge in [-0.15, -0.1) is 0 Å². The van der Waals surface area contributed by atoms with Crippen LogP contribution in [0.5, 0.6) is 11.5 Å². The van der Waals surface area contributed by atoms with Crippen molar-refractivity contribution in [3.63, 3.8) is 0 Å². The fourth-order valence-electron chi connectivity index (χ4n) is 3.01. The van der Waals surface area contributed by atoms with Crippen LogP contribution in [0.2, 0.25) is 0 Å². The van der Waals surface area contributed by atoms with E-state index >= 15 is 0 Å². The molecule has 1 amide bonds. The number of amides is 1. The summed E-state index contributed by atoms with van der Waals surface area (Å²) in [6.07, 6.45) is -0.838. The number of aliphatic hydroxyl groups is 1. The molecule has 3 rings (SSSR count). The second-order valence-electron chi connectivity index (χ2n) is 7.28. The van der Waals surface area contributed by atoms with Gasteiger partial charge in [0.25, 0.3) is 5.91 Å². The zero-order chi connectivity index (χ0) is 21.3. The zero-order valence-electron chi connectivity index (χ0n) is 17.2. The average molecular weight is 405 g/mol. The van der Waals surface area contributed by atoms with Crippen molar-refractivity contribution in [2.24, 2.45) is 0 Å². The second kappa shape index (κ2) is 10.5. The lowest BCUT2D eigenvalue weighted by atomic mass is 10.0. The van der Waals surface area contributed by atoms with Gasteiger partial charge in [-0.3, -0.25) is 4.79 Å². The van der Waals surface area contributed by atoms with Crippen LogP contribution >= 0.6 is 0 Å². The minimum atomic E-state index is -0.838. The number of anilines is 1. The van der Waals surface area contributed by atoms with Crippen LogP contribution in [-0.2, 0) is 0 Å². The lowest BCUT2D eigenvalue weighted by molar-refractivity contribution is 0.0616. The molecular formula is C25H27NO4. The fraction of sp³-hybridized carbons (Fsp3) is 0.240. The molecule has 0 heterocycles. The predicted octanol–water partition coefficient (Wildman–Crippen LogP) is 4.88. The van der Waals surface area contributed by atoms with Crippen LogP contribution < -0.4 is 14.8 Å². The first kappa shape index (κ1) is 21.4. The molecule has 3 aromatic rings. The molecule has 5 heteroatoms. The third kappa shape index (κ3) is 5.84. The van der Waals surface area contributed by atoms with Crippen LogP contribution in [0.3, 0.4) is 0 Å². The lowest BCUT2D eigenvalue weighted by Gasteiger charge is -2.18. The van der Waals surface area contributed by atoms with E-state index in [9.17, 15) is 9.90 Å². The number of benzene rings is 3. The van der Waals surface area contributed by atoms with Gasteiger partial charge < -0.3 is 19.9 Å². The molecule has 1 atom stereocenters. The van der Waals surface area contributed by atoms with E-state index in [1.54, 1.807) is 24.3 Å². The summed E-state index contributed by atoms with van der Waals surface area (Å²) in [5, 5.41) is 13.2. The first-order valence-corrected chi connectivity index (χ1v) is 10.0. The first-order chi connectivity index (χ1) is 14.5. The largest absolute Gasteiger partial charge is 0.490 e. The smallest absolute Gasteiger partial charge is 0.259 e. The number of hydrogen-bond donors (Lipinski definition) is 2. The van der Waals surface area contributed by atoms with E-state index in [4.69, 9.17) is 9.47 Å². The summed E-state index contributed by atoms with van der Waals surface area (Å²) in [6.45, 7) is 4.31. The summed E-state index contributed by atoms with van der Waals surface area (Å²) in [6, 6.07) is 24.0. The van der Waals surface area contributed by atoms with E-state index < -0.39 is 6.10 Å². The Morgan fingerprint density at radius 3 is 2.10 bits per heavy atom. The topological polar surface area (TPSA) is 67.8 Å². The van der Waals surface area contributed by atoms with Gasteiger partial charge in [0, 0.05) is 5.69 Å². The normalized spacial score (nSPS) is 11.7. The van der Waals surface area contributed by atoms with E-state index in [0.717, 1.165) is 11.3 Å². The van der Waals surface area contributed by atoms with Crippen molar-refractivity contribution in [2.75, 3.05) is 18.5 Å². The molecule has 0 spiro atoms. The minimum Gasteiger partial charge on any atom is -0.490 e. The van der Waals surface area contributed by atoms with Crippen molar-refractivity contribution in [1.82, 2.24) is 0 Å². The third-order valence-electron chi connectivity index (χ3n) is 4.57. The van der Waals surface area contributed by atoms with Crippen LogP contribution in [0.25, 0.3) is 0 Å². The molecule has 0 aliphatic heterocycles. The molecule has 0 fully saturated rings.